The van der Waals surface area contributed by atoms with Gasteiger partial charge in [-0.05, 0) is 81.4 Å². The number of benzene rings is 1. The van der Waals surface area contributed by atoms with E-state index in [4.69, 9.17) is 0 Å². The van der Waals surface area contributed by atoms with E-state index in [1.807, 2.05) is 6.92 Å². The van der Waals surface area contributed by atoms with Crippen LogP contribution < -0.4 is 21.4 Å². The number of rotatable bonds is 8. The van der Waals surface area contributed by atoms with Gasteiger partial charge in [-0.3, -0.25) is 14.8 Å². The molecule has 35 heavy (non-hydrogen) atoms. The first-order valence-electron chi connectivity index (χ1n) is 12.8. The largest absolute Gasteiger partial charge is 0.372 e. The third kappa shape index (κ3) is 4.03. The third-order valence-corrected chi connectivity index (χ3v) is 10.6. The number of sulfonamides is 1. The first-order valence-corrected chi connectivity index (χ1v) is 14.3. The summed E-state index contributed by atoms with van der Waals surface area (Å²) < 4.78 is 31.2. The van der Waals surface area contributed by atoms with Crippen molar-refractivity contribution in [3.05, 3.63) is 39.0 Å². The molecule has 1 aromatic carbocycles. The maximum absolute atomic E-state index is 13.5. The highest BCUT2D eigenvalue weighted by Crippen LogP contribution is 2.76. The fraction of sp³-hybridized carbons (Fsp3) is 0.680. The van der Waals surface area contributed by atoms with Crippen molar-refractivity contribution < 1.29 is 13.5 Å². The highest BCUT2D eigenvalue weighted by Gasteiger charge is 2.73. The summed E-state index contributed by atoms with van der Waals surface area (Å²) in [6.45, 7) is 4.55. The average Bonchev–Trinajstić information content (AvgIpc) is 3.72. The van der Waals surface area contributed by atoms with Gasteiger partial charge >= 0.3 is 5.69 Å². The molecule has 1 aromatic heterocycles. The van der Waals surface area contributed by atoms with Crippen LogP contribution in [0.5, 0.6) is 0 Å². The molecule has 3 N–H and O–H groups in total. The van der Waals surface area contributed by atoms with Crippen molar-refractivity contribution >= 4 is 20.9 Å². The van der Waals surface area contributed by atoms with E-state index in [0.717, 1.165) is 56.0 Å². The number of aliphatic hydroxyl groups is 1. The molecule has 2 aromatic rings. The summed E-state index contributed by atoms with van der Waals surface area (Å²) >= 11 is 0. The Morgan fingerprint density at radius 2 is 1.80 bits per heavy atom. The lowest BCUT2D eigenvalue weighted by atomic mass is 9.83. The second kappa shape index (κ2) is 7.66. The van der Waals surface area contributed by atoms with Crippen LogP contribution in [0.3, 0.4) is 0 Å². The molecule has 1 unspecified atom stereocenters. The quantitative estimate of drug-likeness (QED) is 0.475. The van der Waals surface area contributed by atoms with E-state index in [2.05, 4.69) is 17.1 Å². The second-order valence-corrected chi connectivity index (χ2v) is 13.6. The SMILES string of the molecule is CC1CCC(Cn2c(=O)n(NC(O)C34CC3C4)c(=O)c3cc(S(=O)(=O)NC4(C)CC4)ccc32)CC1. The van der Waals surface area contributed by atoms with E-state index in [0.29, 0.717) is 29.8 Å². The van der Waals surface area contributed by atoms with Crippen molar-refractivity contribution in [2.45, 2.75) is 88.4 Å². The predicted octanol–water partition coefficient (Wildman–Crippen LogP) is 2.09. The molecule has 1 heterocycles. The Labute approximate surface area is 204 Å². The molecule has 4 aliphatic carbocycles. The van der Waals surface area contributed by atoms with Crippen molar-refractivity contribution in [1.29, 1.82) is 0 Å². The molecule has 0 spiro atoms. The summed E-state index contributed by atoms with van der Waals surface area (Å²) in [7, 11) is -3.82. The van der Waals surface area contributed by atoms with Crippen molar-refractivity contribution in [3.63, 3.8) is 0 Å². The van der Waals surface area contributed by atoms with E-state index < -0.39 is 33.0 Å². The van der Waals surface area contributed by atoms with Crippen LogP contribution in [-0.4, -0.2) is 34.5 Å². The van der Waals surface area contributed by atoms with Crippen molar-refractivity contribution in [2.75, 3.05) is 5.43 Å². The Morgan fingerprint density at radius 1 is 1.14 bits per heavy atom. The molecule has 10 heteroatoms. The highest BCUT2D eigenvalue weighted by molar-refractivity contribution is 7.89. The van der Waals surface area contributed by atoms with Gasteiger partial charge in [0.1, 0.15) is 6.23 Å². The molecule has 0 saturated heterocycles. The Bertz CT molecular complexity index is 1410. The standard InChI is InChI=1S/C25H34N4O5S/c1-15-3-5-16(6-4-15)14-28-20-8-7-18(35(33,34)27-24(2)9-10-24)11-19(20)21(30)29(23(28)32)26-22(31)25-12-17(25)13-25/h7-8,11,15-17,22,26-27,31H,3-6,9-10,12-14H2,1-2H3. The van der Waals surface area contributed by atoms with E-state index >= 15 is 0 Å². The molecule has 0 radical (unpaired) electrons. The number of hydrogen-bond acceptors (Lipinski definition) is 6. The number of nitrogens with zero attached hydrogens (tertiary/aromatic N) is 2. The Balaban J connectivity index is 1.43. The number of aromatic nitrogens is 2. The molecule has 0 amide bonds. The van der Waals surface area contributed by atoms with E-state index in [1.165, 1.54) is 12.1 Å². The van der Waals surface area contributed by atoms with Crippen LogP contribution >= 0.6 is 0 Å². The van der Waals surface area contributed by atoms with E-state index in [1.54, 1.807) is 10.6 Å². The maximum atomic E-state index is 13.5. The smallest absolute Gasteiger partial charge is 0.350 e. The summed E-state index contributed by atoms with van der Waals surface area (Å²) in [5.74, 6) is 1.43. The van der Waals surface area contributed by atoms with Gasteiger partial charge in [0, 0.05) is 17.5 Å². The first kappa shape index (κ1) is 23.2. The summed E-state index contributed by atoms with van der Waals surface area (Å²) in [6, 6.07) is 4.41. The minimum atomic E-state index is -3.82. The Kier molecular flexibility index (Phi) is 5.09. The van der Waals surface area contributed by atoms with Crippen molar-refractivity contribution in [2.24, 2.45) is 23.2 Å². The molecular formula is C25H34N4O5S. The summed E-state index contributed by atoms with van der Waals surface area (Å²) in [5.41, 5.74) is 1.37. The monoisotopic (exact) mass is 502 g/mol. The number of fused-ring (bicyclic) bond motifs is 2. The first-order chi connectivity index (χ1) is 16.5. The topological polar surface area (TPSA) is 122 Å². The Morgan fingerprint density at radius 3 is 2.40 bits per heavy atom. The lowest BCUT2D eigenvalue weighted by Crippen LogP contribution is -2.49. The van der Waals surface area contributed by atoms with E-state index in [-0.39, 0.29) is 15.7 Å². The third-order valence-electron chi connectivity index (χ3n) is 8.92. The molecule has 6 rings (SSSR count). The lowest BCUT2D eigenvalue weighted by molar-refractivity contribution is 0.134. The fourth-order valence-electron chi connectivity index (χ4n) is 5.69. The summed E-state index contributed by atoms with van der Waals surface area (Å²) in [4.78, 5) is 27.0. The van der Waals surface area contributed by atoms with Gasteiger partial charge in [0.2, 0.25) is 10.0 Å². The van der Waals surface area contributed by atoms with Crippen LogP contribution in [-0.2, 0) is 16.6 Å². The van der Waals surface area contributed by atoms with Gasteiger partial charge in [0.05, 0.1) is 15.8 Å². The van der Waals surface area contributed by atoms with Crippen LogP contribution in [0, 0.1) is 23.2 Å². The number of hydrogen-bond donors (Lipinski definition) is 3. The van der Waals surface area contributed by atoms with Gasteiger partial charge in [0.15, 0.2) is 0 Å². The maximum Gasteiger partial charge on any atom is 0.350 e. The zero-order valence-corrected chi connectivity index (χ0v) is 21.1. The molecule has 4 saturated carbocycles. The zero-order chi connectivity index (χ0) is 24.8. The van der Waals surface area contributed by atoms with Gasteiger partial charge in [-0.1, -0.05) is 19.8 Å². The minimum Gasteiger partial charge on any atom is -0.372 e. The van der Waals surface area contributed by atoms with Gasteiger partial charge in [-0.2, -0.15) is 4.68 Å². The molecule has 4 aliphatic rings. The number of aliphatic hydroxyl groups excluding tert-OH is 1. The minimum absolute atomic E-state index is 0.00190. The number of nitrogens with one attached hydrogen (secondary N) is 2. The molecular weight excluding hydrogens is 468 g/mol. The van der Waals surface area contributed by atoms with Crippen LogP contribution in [0.1, 0.15) is 65.2 Å². The van der Waals surface area contributed by atoms with Crippen LogP contribution in [0.2, 0.25) is 0 Å². The lowest BCUT2D eigenvalue weighted by Gasteiger charge is -2.27. The van der Waals surface area contributed by atoms with Gasteiger partial charge in [-0.25, -0.2) is 17.9 Å². The van der Waals surface area contributed by atoms with Gasteiger partial charge in [-0.15, -0.1) is 0 Å². The summed E-state index contributed by atoms with van der Waals surface area (Å²) in [6.07, 6.45) is 6.56. The van der Waals surface area contributed by atoms with Crippen LogP contribution in [0.15, 0.2) is 32.7 Å². The second-order valence-electron chi connectivity index (χ2n) is 11.9. The normalized spacial score (nSPS) is 31.6. The zero-order valence-electron chi connectivity index (χ0n) is 20.3. The molecule has 0 bridgehead atoms. The van der Waals surface area contributed by atoms with Crippen molar-refractivity contribution in [3.8, 4) is 0 Å². The van der Waals surface area contributed by atoms with Crippen LogP contribution in [0.25, 0.3) is 10.9 Å². The van der Waals surface area contributed by atoms with Gasteiger partial charge < -0.3 is 5.11 Å². The molecule has 4 fully saturated rings. The van der Waals surface area contributed by atoms with Crippen molar-refractivity contribution in [1.82, 2.24) is 14.0 Å². The van der Waals surface area contributed by atoms with Gasteiger partial charge in [0.25, 0.3) is 5.56 Å². The molecule has 190 valence electrons. The average molecular weight is 503 g/mol. The molecule has 1 atom stereocenters. The summed E-state index contributed by atoms with van der Waals surface area (Å²) in [5, 5.41) is 10.9. The Hall–Kier alpha value is -2.17. The fourth-order valence-corrected chi connectivity index (χ4v) is 7.18. The molecule has 9 nitrogen and oxygen atoms in total. The molecule has 0 aliphatic heterocycles. The van der Waals surface area contributed by atoms with Crippen LogP contribution in [0.4, 0.5) is 0 Å². The highest BCUT2D eigenvalue weighted by atomic mass is 32.2. The predicted molar refractivity (Wildman–Crippen MR) is 132 cm³/mol. The van der Waals surface area contributed by atoms with E-state index in [9.17, 15) is 23.1 Å².